The molecule has 0 atom stereocenters. The Bertz CT molecular complexity index is 5820. The lowest BCUT2D eigenvalue weighted by Gasteiger charge is -2.32. The molecule has 4 aliphatic carbocycles. The Morgan fingerprint density at radius 1 is 0.213 bits per heavy atom. The van der Waals surface area contributed by atoms with Crippen molar-refractivity contribution in [2.24, 2.45) is 0 Å². The van der Waals surface area contributed by atoms with E-state index in [1.54, 1.807) is 12.1 Å². The fourth-order valence-electron chi connectivity index (χ4n) is 17.6. The van der Waals surface area contributed by atoms with Gasteiger partial charge >= 0.3 is 0 Å². The van der Waals surface area contributed by atoms with Crippen LogP contribution in [0.4, 0.5) is 42.9 Å². The van der Waals surface area contributed by atoms with E-state index in [-0.39, 0.29) is 11.6 Å². The molecular weight excluding hydrogens is 1150 g/mol. The van der Waals surface area contributed by atoms with Gasteiger partial charge in [-0.2, -0.15) is 0 Å². The molecule has 94 heavy (non-hydrogen) atoms. The number of rotatable bonds is 7. The molecular formula is C90H54F2N2. The molecule has 0 unspecified atom stereocenters. The molecule has 2 nitrogen and oxygen atoms in total. The fourth-order valence-corrected chi connectivity index (χ4v) is 17.6. The summed E-state index contributed by atoms with van der Waals surface area (Å²) in [7, 11) is 0. The van der Waals surface area contributed by atoms with Crippen molar-refractivity contribution in [3.05, 3.63) is 384 Å². The minimum Gasteiger partial charge on any atom is -0.310 e. The summed E-state index contributed by atoms with van der Waals surface area (Å²) < 4.78 is 31.8. The molecule has 0 aliphatic heterocycles. The van der Waals surface area contributed by atoms with Crippen molar-refractivity contribution in [1.29, 1.82) is 0 Å². The van der Waals surface area contributed by atoms with Crippen molar-refractivity contribution < 1.29 is 8.78 Å². The Kier molecular flexibility index (Phi) is 11.1. The Morgan fingerprint density at radius 2 is 0.628 bits per heavy atom. The largest absolute Gasteiger partial charge is 0.310 e. The predicted octanol–water partition coefficient (Wildman–Crippen LogP) is 23.9. The van der Waals surface area contributed by atoms with Crippen LogP contribution in [0.1, 0.15) is 44.5 Å². The molecule has 0 bridgehead atoms. The first-order chi connectivity index (χ1) is 46.4. The smallest absolute Gasteiger partial charge is 0.125 e. The number of halogens is 2. The zero-order valence-corrected chi connectivity index (χ0v) is 50.8. The first kappa shape index (κ1) is 52.8. The summed E-state index contributed by atoms with van der Waals surface area (Å²) in [6.07, 6.45) is 0. The van der Waals surface area contributed by atoms with Crippen LogP contribution in [0, 0.1) is 11.6 Å². The van der Waals surface area contributed by atoms with Gasteiger partial charge < -0.3 is 9.80 Å². The number of benzene rings is 16. The molecule has 0 radical (unpaired) electrons. The maximum atomic E-state index is 17.3. The van der Waals surface area contributed by atoms with Gasteiger partial charge in [-0.05, 0) is 234 Å². The highest BCUT2D eigenvalue weighted by Gasteiger charge is 2.54. The van der Waals surface area contributed by atoms with E-state index in [1.807, 2.05) is 36.4 Å². The zero-order valence-electron chi connectivity index (χ0n) is 50.8. The quantitative estimate of drug-likeness (QED) is 0.157. The minimum atomic E-state index is -0.660. The standard InChI is InChI=1S/C90H54F2N2/c91-59-37-39-63(40-38-59)93(61-19-3-1-4-20-61)64-41-45-70-56(51-64)35-44-78-86-76-29-17-28-67(71(76)47-49-84(86)90(88(70)78)81-32-15-11-26-74(81)75-27-12-16-33-82(75)90)58-50-60(92)54-66(53-58)94(62-21-5-2-6-22-62)65-42-46-69-57(52-65)34-43-77-85-68-23-8-7-18-55(68)36-48-83(85)89(87(69)77)79-30-13-9-24-72(79)73-25-10-14-31-80(73)89/h1-54H. The molecule has 438 valence electrons. The van der Waals surface area contributed by atoms with Gasteiger partial charge in [-0.25, -0.2) is 8.78 Å². The van der Waals surface area contributed by atoms with Crippen LogP contribution in [-0.4, -0.2) is 0 Å². The van der Waals surface area contributed by atoms with Gasteiger partial charge in [-0.15, -0.1) is 0 Å². The SMILES string of the molecule is Fc1ccc(N(c2ccccc2)c2ccc3c4c(ccc3c2)-c2c(ccc3c(-c5cc(F)cc(N(c6ccccc6)c6ccc7c8c(ccc7c6)-c6c(ccc7ccccc67)C86c7ccccc7-c7ccccc76)c5)cccc23)C42c3ccccc3-c3ccccc32)cc1. The molecule has 16 aromatic carbocycles. The first-order valence-corrected chi connectivity index (χ1v) is 32.3. The second-order valence-corrected chi connectivity index (χ2v) is 25.6. The summed E-state index contributed by atoms with van der Waals surface area (Å²) >= 11 is 0. The van der Waals surface area contributed by atoms with Crippen LogP contribution >= 0.6 is 0 Å². The Hall–Kier alpha value is -12.0. The second-order valence-electron chi connectivity index (χ2n) is 25.6. The van der Waals surface area contributed by atoms with Gasteiger partial charge in [-0.3, -0.25) is 0 Å². The van der Waals surface area contributed by atoms with Crippen molar-refractivity contribution in [1.82, 2.24) is 0 Å². The van der Waals surface area contributed by atoms with Crippen LogP contribution in [0.15, 0.2) is 328 Å². The molecule has 0 fully saturated rings. The van der Waals surface area contributed by atoms with Crippen LogP contribution in [-0.2, 0) is 10.8 Å². The van der Waals surface area contributed by atoms with E-state index in [1.165, 1.54) is 117 Å². The monoisotopic (exact) mass is 1200 g/mol. The van der Waals surface area contributed by atoms with Crippen LogP contribution < -0.4 is 9.80 Å². The van der Waals surface area contributed by atoms with Gasteiger partial charge in [0, 0.05) is 34.1 Å². The van der Waals surface area contributed by atoms with E-state index < -0.39 is 10.8 Å². The van der Waals surface area contributed by atoms with Crippen molar-refractivity contribution in [2.75, 3.05) is 9.80 Å². The lowest BCUT2D eigenvalue weighted by Crippen LogP contribution is -2.26. The third-order valence-corrected chi connectivity index (χ3v) is 21.1. The van der Waals surface area contributed by atoms with Crippen LogP contribution in [0.2, 0.25) is 0 Å². The summed E-state index contributed by atoms with van der Waals surface area (Å²) in [5, 5.41) is 9.16. The first-order valence-electron chi connectivity index (χ1n) is 32.3. The molecule has 0 saturated carbocycles. The lowest BCUT2D eigenvalue weighted by molar-refractivity contribution is 0.627. The van der Waals surface area contributed by atoms with Crippen LogP contribution in [0.5, 0.6) is 0 Å². The molecule has 0 amide bonds. The maximum absolute atomic E-state index is 17.3. The van der Waals surface area contributed by atoms with Crippen molar-refractivity contribution >= 4 is 77.2 Å². The fraction of sp³-hybridized carbons (Fsp3) is 0.0222. The van der Waals surface area contributed by atoms with Gasteiger partial charge in [0.2, 0.25) is 0 Å². The second kappa shape index (κ2) is 19.8. The Morgan fingerprint density at radius 3 is 1.18 bits per heavy atom. The maximum Gasteiger partial charge on any atom is 0.125 e. The number of hydrogen-bond donors (Lipinski definition) is 0. The van der Waals surface area contributed by atoms with E-state index in [9.17, 15) is 4.39 Å². The van der Waals surface area contributed by atoms with Gasteiger partial charge in [0.15, 0.2) is 0 Å². The van der Waals surface area contributed by atoms with Crippen LogP contribution in [0.3, 0.4) is 0 Å². The topological polar surface area (TPSA) is 6.48 Å². The van der Waals surface area contributed by atoms with Crippen LogP contribution in [0.25, 0.3) is 98.7 Å². The molecule has 0 heterocycles. The zero-order chi connectivity index (χ0) is 62.0. The van der Waals surface area contributed by atoms with Gasteiger partial charge in [-0.1, -0.05) is 237 Å². The van der Waals surface area contributed by atoms with E-state index in [4.69, 9.17) is 0 Å². The summed E-state index contributed by atoms with van der Waals surface area (Å²) in [6, 6.07) is 116. The van der Waals surface area contributed by atoms with Gasteiger partial charge in [0.1, 0.15) is 11.6 Å². The molecule has 0 aromatic heterocycles. The average Bonchev–Trinajstić information content (AvgIpc) is 1.51. The van der Waals surface area contributed by atoms with Gasteiger partial charge in [0.25, 0.3) is 0 Å². The summed E-state index contributed by atoms with van der Waals surface area (Å²) in [6.45, 7) is 0. The predicted molar refractivity (Wildman–Crippen MR) is 384 cm³/mol. The average molecular weight is 1200 g/mol. The van der Waals surface area contributed by atoms with Crippen molar-refractivity contribution in [3.8, 4) is 55.6 Å². The molecule has 0 saturated heterocycles. The summed E-state index contributed by atoms with van der Waals surface area (Å²) in [5.74, 6) is -0.601. The molecule has 0 N–H and O–H groups in total. The lowest BCUT2D eigenvalue weighted by atomic mass is 9.69. The summed E-state index contributed by atoms with van der Waals surface area (Å²) in [4.78, 5) is 4.41. The van der Waals surface area contributed by atoms with Crippen molar-refractivity contribution in [3.63, 3.8) is 0 Å². The van der Waals surface area contributed by atoms with E-state index >= 15 is 4.39 Å². The molecule has 2 spiro atoms. The molecule has 4 heteroatoms. The highest BCUT2D eigenvalue weighted by Crippen LogP contribution is 2.67. The Labute approximate surface area is 542 Å². The Balaban J connectivity index is 0.764. The number of hydrogen-bond acceptors (Lipinski definition) is 2. The molecule has 20 rings (SSSR count). The highest BCUT2D eigenvalue weighted by molar-refractivity contribution is 6.15. The van der Waals surface area contributed by atoms with Gasteiger partial charge in [0.05, 0.1) is 10.8 Å². The van der Waals surface area contributed by atoms with E-state index in [0.717, 1.165) is 66.5 Å². The normalized spacial score (nSPS) is 13.6. The number of anilines is 6. The molecule has 16 aromatic rings. The molecule has 4 aliphatic rings. The third kappa shape index (κ3) is 7.11. The number of fused-ring (bicyclic) bond motifs is 28. The van der Waals surface area contributed by atoms with E-state index in [2.05, 4.69) is 277 Å². The highest BCUT2D eigenvalue weighted by atomic mass is 19.1. The number of para-hydroxylation sites is 2. The van der Waals surface area contributed by atoms with Crippen molar-refractivity contribution in [2.45, 2.75) is 10.8 Å². The number of nitrogens with zero attached hydrogens (tertiary/aromatic N) is 2. The summed E-state index contributed by atoms with van der Waals surface area (Å²) in [5.41, 5.74) is 26.0. The third-order valence-electron chi connectivity index (χ3n) is 21.1. The minimum absolute atomic E-state index is 0.277. The van der Waals surface area contributed by atoms with E-state index in [0.29, 0.717) is 5.69 Å².